The Hall–Kier alpha value is -2.53. The molecule has 3 aromatic rings. The highest BCUT2D eigenvalue weighted by molar-refractivity contribution is 7.92. The van der Waals surface area contributed by atoms with Gasteiger partial charge in [0.15, 0.2) is 0 Å². The lowest BCUT2D eigenvalue weighted by Gasteiger charge is -2.34. The monoisotopic (exact) mass is 598 g/mol. The van der Waals surface area contributed by atoms with Crippen LogP contribution in [0.1, 0.15) is 79.0 Å². The van der Waals surface area contributed by atoms with Crippen molar-refractivity contribution in [3.8, 4) is 0 Å². The van der Waals surface area contributed by atoms with E-state index >= 15 is 0 Å². The zero-order chi connectivity index (χ0) is 29.2. The number of nitrogens with zero attached hydrogens (tertiary/aromatic N) is 1. The molecule has 5 rings (SSSR count). The van der Waals surface area contributed by atoms with Crippen LogP contribution < -0.4 is 15.4 Å². The van der Waals surface area contributed by atoms with Gasteiger partial charge in [-0.05, 0) is 91.8 Å². The number of hydrogen-bond acceptors (Lipinski definition) is 7. The summed E-state index contributed by atoms with van der Waals surface area (Å²) in [5, 5.41) is 7.86. The summed E-state index contributed by atoms with van der Waals surface area (Å²) >= 11 is 1.43. The van der Waals surface area contributed by atoms with Crippen molar-refractivity contribution in [2.24, 2.45) is 11.3 Å². The molecular weight excluding hydrogens is 556 g/mol. The van der Waals surface area contributed by atoms with Crippen molar-refractivity contribution in [2.75, 3.05) is 30.7 Å². The van der Waals surface area contributed by atoms with Gasteiger partial charge >= 0.3 is 0 Å². The van der Waals surface area contributed by atoms with Crippen LogP contribution in [0.4, 0.5) is 5.69 Å². The number of anilines is 1. The Kier molecular flexibility index (Phi) is 9.04. The third-order valence-corrected chi connectivity index (χ3v) is 9.96. The van der Waals surface area contributed by atoms with Gasteiger partial charge in [-0.2, -0.15) is 0 Å². The quantitative estimate of drug-likeness (QED) is 0.302. The lowest BCUT2D eigenvalue weighted by Crippen LogP contribution is -2.37. The van der Waals surface area contributed by atoms with Gasteiger partial charge in [0, 0.05) is 36.0 Å². The summed E-state index contributed by atoms with van der Waals surface area (Å²) in [6, 6.07) is 11.6. The van der Waals surface area contributed by atoms with E-state index < -0.39 is 10.0 Å². The van der Waals surface area contributed by atoms with Gasteiger partial charge in [0.25, 0.3) is 5.91 Å². The van der Waals surface area contributed by atoms with Crippen molar-refractivity contribution >= 4 is 43.2 Å². The number of fused-ring (bicyclic) bond motifs is 2. The first-order chi connectivity index (χ1) is 19.4. The Bertz CT molecular complexity index is 1490. The fourth-order valence-electron chi connectivity index (χ4n) is 5.89. The minimum atomic E-state index is -3.42. The molecule has 10 heteroatoms. The zero-order valence-electron chi connectivity index (χ0n) is 24.5. The maximum absolute atomic E-state index is 13.6. The van der Waals surface area contributed by atoms with Gasteiger partial charge in [-0.3, -0.25) is 9.52 Å². The molecule has 3 heterocycles. The predicted octanol–water partition coefficient (Wildman–Crippen LogP) is 5.45. The highest BCUT2D eigenvalue weighted by atomic mass is 32.2. The number of rotatable bonds is 9. The molecule has 0 bridgehead atoms. The number of carbonyl (C=O) groups is 1. The van der Waals surface area contributed by atoms with Crippen LogP contribution in [0.5, 0.6) is 0 Å². The maximum Gasteiger partial charge on any atom is 0.261 e. The SMILES string of the molecule is CC(C)(C)[C@H]1CCc2nc3sc(C(=O)N[C@H](CCNC4CCOCC4)c4cccc(NS(C)(=O)=O)c4)cc3cc2C1. The van der Waals surface area contributed by atoms with E-state index in [1.165, 1.54) is 22.6 Å². The zero-order valence-corrected chi connectivity index (χ0v) is 26.1. The highest BCUT2D eigenvalue weighted by Crippen LogP contribution is 2.38. The van der Waals surface area contributed by atoms with E-state index in [1.807, 2.05) is 18.2 Å². The number of pyridine rings is 1. The average Bonchev–Trinajstić information content (AvgIpc) is 3.33. The largest absolute Gasteiger partial charge is 0.381 e. The van der Waals surface area contributed by atoms with Gasteiger partial charge in [0.05, 0.1) is 17.2 Å². The molecule has 0 unspecified atom stereocenters. The van der Waals surface area contributed by atoms with Gasteiger partial charge in [-0.25, -0.2) is 13.4 Å². The minimum Gasteiger partial charge on any atom is -0.381 e. The Morgan fingerprint density at radius 2 is 1.93 bits per heavy atom. The van der Waals surface area contributed by atoms with Crippen LogP contribution in [0.25, 0.3) is 10.2 Å². The van der Waals surface area contributed by atoms with E-state index in [0.29, 0.717) is 28.9 Å². The van der Waals surface area contributed by atoms with Gasteiger partial charge < -0.3 is 15.4 Å². The first-order valence-electron chi connectivity index (χ1n) is 14.6. The number of aromatic nitrogens is 1. The summed E-state index contributed by atoms with van der Waals surface area (Å²) in [5.74, 6) is 0.482. The van der Waals surface area contributed by atoms with Crippen LogP contribution >= 0.6 is 11.3 Å². The first-order valence-corrected chi connectivity index (χ1v) is 17.3. The van der Waals surface area contributed by atoms with Crippen molar-refractivity contribution in [3.05, 3.63) is 58.1 Å². The number of nitrogens with one attached hydrogen (secondary N) is 3. The molecule has 1 saturated heterocycles. The third kappa shape index (κ3) is 7.85. The number of thiophene rings is 1. The summed E-state index contributed by atoms with van der Waals surface area (Å²) in [4.78, 5) is 20.1. The molecule has 0 saturated carbocycles. The van der Waals surface area contributed by atoms with Gasteiger partial charge in [0.2, 0.25) is 10.0 Å². The van der Waals surface area contributed by atoms with E-state index in [9.17, 15) is 13.2 Å². The normalized spacial score (nSPS) is 19.1. The van der Waals surface area contributed by atoms with Crippen LogP contribution in [0.3, 0.4) is 0 Å². The second kappa shape index (κ2) is 12.4. The molecule has 2 aromatic heterocycles. The molecule has 8 nitrogen and oxygen atoms in total. The molecule has 0 radical (unpaired) electrons. The van der Waals surface area contributed by atoms with Crippen molar-refractivity contribution in [1.29, 1.82) is 0 Å². The van der Waals surface area contributed by atoms with E-state index in [1.54, 1.807) is 12.1 Å². The number of amides is 1. The highest BCUT2D eigenvalue weighted by Gasteiger charge is 2.30. The van der Waals surface area contributed by atoms with Gasteiger partial charge in [0.1, 0.15) is 4.83 Å². The van der Waals surface area contributed by atoms with Crippen molar-refractivity contribution < 1.29 is 17.9 Å². The number of sulfonamides is 1. The van der Waals surface area contributed by atoms with Crippen molar-refractivity contribution in [2.45, 2.75) is 71.4 Å². The fourth-order valence-corrected chi connectivity index (χ4v) is 7.38. The average molecular weight is 599 g/mol. The smallest absolute Gasteiger partial charge is 0.261 e. The molecule has 2 aliphatic rings. The molecular formula is C31H42N4O4S2. The first kappa shape index (κ1) is 29.9. The van der Waals surface area contributed by atoms with E-state index in [2.05, 4.69) is 42.2 Å². The molecule has 2 atom stereocenters. The molecule has 222 valence electrons. The van der Waals surface area contributed by atoms with Gasteiger partial charge in [-0.15, -0.1) is 11.3 Å². The molecule has 1 aliphatic heterocycles. The summed E-state index contributed by atoms with van der Waals surface area (Å²) in [6.45, 7) is 9.17. The fraction of sp³-hybridized carbons (Fsp3) is 0.548. The van der Waals surface area contributed by atoms with Crippen molar-refractivity contribution in [1.82, 2.24) is 15.6 Å². The van der Waals surface area contributed by atoms with Crippen LogP contribution in [0, 0.1) is 11.3 Å². The summed E-state index contributed by atoms with van der Waals surface area (Å²) < 4.78 is 31.7. The summed E-state index contributed by atoms with van der Waals surface area (Å²) in [6.07, 6.45) is 6.89. The van der Waals surface area contributed by atoms with Crippen molar-refractivity contribution in [3.63, 3.8) is 0 Å². The maximum atomic E-state index is 13.6. The van der Waals surface area contributed by atoms with Crippen LogP contribution in [-0.4, -0.2) is 51.4 Å². The van der Waals surface area contributed by atoms with E-state index in [0.717, 1.165) is 73.9 Å². The standard InChI is InChI=1S/C31H42N4O4S2/c1-31(2,3)23-8-9-26-21(17-23)16-22-19-28(40-30(22)34-26)29(36)33-27(10-13-32-24-11-14-39-15-12-24)20-6-5-7-25(18-20)35-41(4,37)38/h5-7,16,18-19,23-24,27,32,35H,8-15,17H2,1-4H3,(H,33,36)/t23-,27+/m0/s1. The summed E-state index contributed by atoms with van der Waals surface area (Å²) in [5.41, 5.74) is 4.06. The minimum absolute atomic E-state index is 0.143. The topological polar surface area (TPSA) is 109 Å². The second-order valence-electron chi connectivity index (χ2n) is 12.6. The number of ether oxygens (including phenoxy) is 1. The van der Waals surface area contributed by atoms with Gasteiger partial charge in [-0.1, -0.05) is 32.9 Å². The lowest BCUT2D eigenvalue weighted by atomic mass is 9.71. The predicted molar refractivity (Wildman–Crippen MR) is 166 cm³/mol. The Morgan fingerprint density at radius 3 is 2.66 bits per heavy atom. The van der Waals surface area contributed by atoms with Crippen LogP contribution in [0.15, 0.2) is 36.4 Å². The molecule has 1 amide bonds. The Labute approximate surface area is 247 Å². The third-order valence-electron chi connectivity index (χ3n) is 8.31. The number of hydrogen-bond donors (Lipinski definition) is 3. The molecule has 3 N–H and O–H groups in total. The second-order valence-corrected chi connectivity index (χ2v) is 15.3. The molecule has 1 fully saturated rings. The molecule has 41 heavy (non-hydrogen) atoms. The molecule has 1 aliphatic carbocycles. The Morgan fingerprint density at radius 1 is 1.15 bits per heavy atom. The Balaban J connectivity index is 1.35. The summed E-state index contributed by atoms with van der Waals surface area (Å²) in [7, 11) is -3.42. The van der Waals surface area contributed by atoms with Crippen LogP contribution in [-0.2, 0) is 27.6 Å². The number of benzene rings is 1. The van der Waals surface area contributed by atoms with E-state index in [-0.39, 0.29) is 17.4 Å². The number of aryl methyl sites for hydroxylation is 1. The van der Waals surface area contributed by atoms with E-state index in [4.69, 9.17) is 9.72 Å². The molecule has 0 spiro atoms. The number of carbonyl (C=O) groups excluding carboxylic acids is 1. The molecule has 1 aromatic carbocycles. The lowest BCUT2D eigenvalue weighted by molar-refractivity contribution is 0.0777. The van der Waals surface area contributed by atoms with Crippen LogP contribution in [0.2, 0.25) is 0 Å².